The molecule has 1 radical (unpaired) electrons. The van der Waals surface area contributed by atoms with Crippen LogP contribution in [0.1, 0.15) is 0 Å². The lowest BCUT2D eigenvalue weighted by Crippen LogP contribution is -1.88. The van der Waals surface area contributed by atoms with Gasteiger partial charge in [-0.05, 0) is 24.3 Å². The number of rotatable bonds is 0. The first-order valence-electron chi connectivity index (χ1n) is 4.49. The van der Waals surface area contributed by atoms with Crippen LogP contribution in [-0.2, 0) is 0 Å². The van der Waals surface area contributed by atoms with Crippen molar-refractivity contribution >= 4 is 39.5 Å². The van der Waals surface area contributed by atoms with Crippen LogP contribution >= 0.6 is 39.5 Å². The lowest BCUT2D eigenvalue weighted by atomic mass is 10.3. The third-order valence-electron chi connectivity index (χ3n) is 2.12. The Labute approximate surface area is 106 Å². The highest BCUT2D eigenvalue weighted by atomic mass is 79.9. The third-order valence-corrected chi connectivity index (χ3v) is 5.08. The molecular formula is C12H6BrS2. The number of halogens is 1. The highest BCUT2D eigenvalue weighted by Gasteiger charge is 2.16. The molecule has 0 aliphatic carbocycles. The van der Waals surface area contributed by atoms with Crippen molar-refractivity contribution in [3.63, 3.8) is 0 Å². The molecule has 73 valence electrons. The van der Waals surface area contributed by atoms with E-state index in [1.54, 1.807) is 11.8 Å². The van der Waals surface area contributed by atoms with Crippen molar-refractivity contribution in [2.75, 3.05) is 0 Å². The molecule has 0 spiro atoms. The van der Waals surface area contributed by atoms with Gasteiger partial charge in [-0.25, -0.2) is 0 Å². The Morgan fingerprint density at radius 3 is 2.40 bits per heavy atom. The third kappa shape index (κ3) is 1.84. The molecule has 3 rings (SSSR count). The van der Waals surface area contributed by atoms with Gasteiger partial charge in [-0.3, -0.25) is 0 Å². The van der Waals surface area contributed by atoms with E-state index in [2.05, 4.69) is 52.3 Å². The molecule has 0 nitrogen and oxygen atoms in total. The van der Waals surface area contributed by atoms with Crippen LogP contribution in [0.5, 0.6) is 0 Å². The van der Waals surface area contributed by atoms with Gasteiger partial charge in [0.1, 0.15) is 0 Å². The SMILES string of the molecule is Brc1[c]c2c(cc1)Sc1ccccc1S2. The molecular weight excluding hydrogens is 288 g/mol. The van der Waals surface area contributed by atoms with Crippen LogP contribution in [0.2, 0.25) is 0 Å². The fourth-order valence-electron chi connectivity index (χ4n) is 1.44. The van der Waals surface area contributed by atoms with Gasteiger partial charge in [-0.15, -0.1) is 0 Å². The molecule has 2 aromatic rings. The highest BCUT2D eigenvalue weighted by Crippen LogP contribution is 2.48. The Morgan fingerprint density at radius 2 is 1.60 bits per heavy atom. The van der Waals surface area contributed by atoms with Gasteiger partial charge in [0.25, 0.3) is 0 Å². The Morgan fingerprint density at radius 1 is 0.867 bits per heavy atom. The molecule has 0 N–H and O–H groups in total. The van der Waals surface area contributed by atoms with E-state index in [9.17, 15) is 0 Å². The number of fused-ring (bicyclic) bond motifs is 2. The Balaban J connectivity index is 2.11. The Bertz CT molecular complexity index is 523. The Hall–Kier alpha value is -0.380. The van der Waals surface area contributed by atoms with E-state index >= 15 is 0 Å². The summed E-state index contributed by atoms with van der Waals surface area (Å²) in [4.78, 5) is 5.17. The first kappa shape index (κ1) is 9.82. The van der Waals surface area contributed by atoms with E-state index in [1.165, 1.54) is 19.6 Å². The molecule has 0 bridgehead atoms. The van der Waals surface area contributed by atoms with Crippen LogP contribution in [0, 0.1) is 6.07 Å². The standard InChI is InChI=1S/C12H6BrS2/c13-8-5-6-11-12(7-8)15-10-4-2-1-3-9(10)14-11/h1-6H. The zero-order chi connectivity index (χ0) is 10.3. The predicted octanol–water partition coefficient (Wildman–Crippen LogP) is 4.87. The van der Waals surface area contributed by atoms with Crippen LogP contribution in [0.25, 0.3) is 0 Å². The van der Waals surface area contributed by atoms with E-state index < -0.39 is 0 Å². The van der Waals surface area contributed by atoms with Gasteiger partial charge >= 0.3 is 0 Å². The lowest BCUT2D eigenvalue weighted by molar-refractivity contribution is 1.15. The van der Waals surface area contributed by atoms with Crippen molar-refractivity contribution in [2.45, 2.75) is 19.6 Å². The van der Waals surface area contributed by atoms with E-state index in [4.69, 9.17) is 0 Å². The van der Waals surface area contributed by atoms with Crippen LogP contribution < -0.4 is 0 Å². The van der Waals surface area contributed by atoms with Crippen molar-refractivity contribution < 1.29 is 0 Å². The van der Waals surface area contributed by atoms with Crippen LogP contribution in [0.3, 0.4) is 0 Å². The van der Waals surface area contributed by atoms with Crippen molar-refractivity contribution in [2.24, 2.45) is 0 Å². The molecule has 0 amide bonds. The molecule has 0 aromatic heterocycles. The number of benzene rings is 2. The van der Waals surface area contributed by atoms with Crippen LogP contribution in [0.4, 0.5) is 0 Å². The molecule has 0 unspecified atom stereocenters. The maximum Gasteiger partial charge on any atom is 0.0353 e. The second-order valence-electron chi connectivity index (χ2n) is 3.15. The molecule has 2 aromatic carbocycles. The summed E-state index contributed by atoms with van der Waals surface area (Å²) in [6.45, 7) is 0. The van der Waals surface area contributed by atoms with Crippen LogP contribution in [0.15, 0.2) is 60.5 Å². The van der Waals surface area contributed by atoms with Crippen molar-refractivity contribution in [3.05, 3.63) is 46.9 Å². The summed E-state index contributed by atoms with van der Waals surface area (Å²) in [6, 6.07) is 16.0. The molecule has 0 atom stereocenters. The maximum atomic E-state index is 3.45. The van der Waals surface area contributed by atoms with E-state index in [0.29, 0.717) is 0 Å². The van der Waals surface area contributed by atoms with Crippen molar-refractivity contribution in [3.8, 4) is 0 Å². The molecule has 1 heterocycles. The minimum atomic E-state index is 1.02. The zero-order valence-corrected chi connectivity index (χ0v) is 10.9. The molecule has 1 aliphatic heterocycles. The van der Waals surface area contributed by atoms with Gasteiger partial charge in [0.2, 0.25) is 0 Å². The molecule has 0 fully saturated rings. The number of hydrogen-bond acceptors (Lipinski definition) is 2. The van der Waals surface area contributed by atoms with Gasteiger partial charge in [-0.2, -0.15) is 0 Å². The van der Waals surface area contributed by atoms with E-state index in [-0.39, 0.29) is 0 Å². The first-order valence-corrected chi connectivity index (χ1v) is 6.92. The lowest BCUT2D eigenvalue weighted by Gasteiger charge is -2.17. The fourth-order valence-corrected chi connectivity index (χ4v) is 4.10. The number of hydrogen-bond donors (Lipinski definition) is 0. The second-order valence-corrected chi connectivity index (χ2v) is 6.14. The largest absolute Gasteiger partial charge is 0.0877 e. The predicted molar refractivity (Wildman–Crippen MR) is 67.7 cm³/mol. The minimum absolute atomic E-state index is 1.02. The molecule has 0 saturated carbocycles. The zero-order valence-electron chi connectivity index (χ0n) is 7.66. The van der Waals surface area contributed by atoms with E-state index in [0.717, 1.165) is 4.47 Å². The summed E-state index contributed by atoms with van der Waals surface area (Å²) in [5.74, 6) is 0. The fraction of sp³-hybridized carbons (Fsp3) is 0. The normalized spacial score (nSPS) is 13.1. The van der Waals surface area contributed by atoms with Gasteiger partial charge < -0.3 is 0 Å². The van der Waals surface area contributed by atoms with E-state index in [1.807, 2.05) is 17.8 Å². The minimum Gasteiger partial charge on any atom is -0.0877 e. The summed E-state index contributed by atoms with van der Waals surface area (Å²) in [6.07, 6.45) is 0. The van der Waals surface area contributed by atoms with Gasteiger partial charge in [0.15, 0.2) is 0 Å². The topological polar surface area (TPSA) is 0 Å². The molecule has 15 heavy (non-hydrogen) atoms. The van der Waals surface area contributed by atoms with Crippen molar-refractivity contribution in [1.29, 1.82) is 0 Å². The summed E-state index contributed by atoms with van der Waals surface area (Å²) in [5, 5.41) is 0. The Kier molecular flexibility index (Phi) is 2.54. The van der Waals surface area contributed by atoms with Gasteiger partial charge in [0.05, 0.1) is 0 Å². The molecule has 3 heteroatoms. The summed E-state index contributed by atoms with van der Waals surface area (Å²) >= 11 is 7.06. The average molecular weight is 294 g/mol. The monoisotopic (exact) mass is 293 g/mol. The summed E-state index contributed by atoms with van der Waals surface area (Å²) < 4.78 is 1.02. The first-order chi connectivity index (χ1) is 7.33. The molecule has 1 aliphatic rings. The smallest absolute Gasteiger partial charge is 0.0353 e. The van der Waals surface area contributed by atoms with Gasteiger partial charge in [-0.1, -0.05) is 51.6 Å². The summed E-state index contributed by atoms with van der Waals surface area (Å²) in [5.41, 5.74) is 0. The quantitative estimate of drug-likeness (QED) is 0.580. The second kappa shape index (κ2) is 3.89. The molecule has 0 saturated heterocycles. The average Bonchev–Trinajstić information content (AvgIpc) is 2.26. The summed E-state index contributed by atoms with van der Waals surface area (Å²) in [7, 11) is 0. The van der Waals surface area contributed by atoms with Gasteiger partial charge in [0, 0.05) is 30.1 Å². The van der Waals surface area contributed by atoms with Crippen LogP contribution in [-0.4, -0.2) is 0 Å². The van der Waals surface area contributed by atoms with Crippen molar-refractivity contribution in [1.82, 2.24) is 0 Å². The maximum absolute atomic E-state index is 3.45. The highest BCUT2D eigenvalue weighted by molar-refractivity contribution is 9.10.